The number of unbranched alkanes of at least 4 members (excludes halogenated alkanes) is 2. The SMILES string of the molecule is CCCCCC(N)=O.NC=O.c1ccc(COCCc2ccc(Oc3ccccc3)cc2)cc1. The van der Waals surface area contributed by atoms with Crippen LogP contribution in [0.15, 0.2) is 84.9 Å². The van der Waals surface area contributed by atoms with Crippen LogP contribution in [0, 0.1) is 0 Å². The van der Waals surface area contributed by atoms with Gasteiger partial charge in [0.25, 0.3) is 0 Å². The number of carbonyl (C=O) groups excluding carboxylic acids is 2. The van der Waals surface area contributed by atoms with E-state index in [0.29, 0.717) is 19.6 Å². The Morgan fingerprint density at radius 3 is 1.94 bits per heavy atom. The molecule has 0 aliphatic rings. The zero-order chi connectivity index (χ0) is 24.9. The van der Waals surface area contributed by atoms with E-state index < -0.39 is 0 Å². The Balaban J connectivity index is 0.000000443. The topological polar surface area (TPSA) is 105 Å². The Bertz CT molecular complexity index is 901. The highest BCUT2D eigenvalue weighted by Crippen LogP contribution is 2.21. The molecular formula is C28H36N2O4. The van der Waals surface area contributed by atoms with E-state index in [1.54, 1.807) is 0 Å². The van der Waals surface area contributed by atoms with E-state index in [1.807, 2.05) is 60.7 Å². The van der Waals surface area contributed by atoms with E-state index in [9.17, 15) is 4.79 Å². The van der Waals surface area contributed by atoms with Crippen molar-refractivity contribution in [3.8, 4) is 11.5 Å². The van der Waals surface area contributed by atoms with Crippen LogP contribution in [0.5, 0.6) is 11.5 Å². The van der Waals surface area contributed by atoms with Gasteiger partial charge in [0.1, 0.15) is 11.5 Å². The van der Waals surface area contributed by atoms with Crippen molar-refractivity contribution in [2.45, 2.75) is 45.6 Å². The van der Waals surface area contributed by atoms with Crippen LogP contribution in [0.1, 0.15) is 43.7 Å². The summed E-state index contributed by atoms with van der Waals surface area (Å²) in [4.78, 5) is 18.7. The number of nitrogens with two attached hydrogens (primary N) is 2. The first kappa shape index (κ1) is 28.4. The van der Waals surface area contributed by atoms with Gasteiger partial charge in [-0.2, -0.15) is 0 Å². The Labute approximate surface area is 202 Å². The minimum Gasteiger partial charge on any atom is -0.457 e. The molecule has 0 aliphatic carbocycles. The van der Waals surface area contributed by atoms with Gasteiger partial charge in [-0.25, -0.2) is 0 Å². The van der Waals surface area contributed by atoms with Gasteiger partial charge in [-0.05, 0) is 48.2 Å². The molecule has 0 bridgehead atoms. The van der Waals surface area contributed by atoms with Gasteiger partial charge in [0.15, 0.2) is 0 Å². The number of para-hydroxylation sites is 1. The first-order valence-corrected chi connectivity index (χ1v) is 11.5. The van der Waals surface area contributed by atoms with Crippen LogP contribution in [-0.4, -0.2) is 18.9 Å². The second-order valence-electron chi connectivity index (χ2n) is 7.41. The van der Waals surface area contributed by atoms with Gasteiger partial charge < -0.3 is 20.9 Å². The summed E-state index contributed by atoms with van der Waals surface area (Å²) in [7, 11) is 0. The molecule has 0 spiro atoms. The van der Waals surface area contributed by atoms with E-state index in [-0.39, 0.29) is 12.3 Å². The number of primary amides is 2. The maximum atomic E-state index is 10.1. The molecule has 182 valence electrons. The molecule has 4 N–H and O–H groups in total. The summed E-state index contributed by atoms with van der Waals surface area (Å²) in [5.41, 5.74) is 11.5. The number of amides is 2. The molecule has 3 rings (SSSR count). The van der Waals surface area contributed by atoms with Gasteiger partial charge in [-0.3, -0.25) is 9.59 Å². The quantitative estimate of drug-likeness (QED) is 0.293. The van der Waals surface area contributed by atoms with Crippen molar-refractivity contribution in [1.82, 2.24) is 0 Å². The van der Waals surface area contributed by atoms with E-state index in [0.717, 1.165) is 37.2 Å². The molecule has 0 saturated carbocycles. The highest BCUT2D eigenvalue weighted by atomic mass is 16.5. The average molecular weight is 465 g/mol. The molecule has 34 heavy (non-hydrogen) atoms. The summed E-state index contributed by atoms with van der Waals surface area (Å²) in [5, 5.41) is 0. The third-order valence-corrected chi connectivity index (χ3v) is 4.58. The van der Waals surface area contributed by atoms with Crippen LogP contribution in [0.3, 0.4) is 0 Å². The zero-order valence-corrected chi connectivity index (χ0v) is 19.9. The molecule has 0 unspecified atom stereocenters. The lowest BCUT2D eigenvalue weighted by molar-refractivity contribution is -0.118. The Kier molecular flexibility index (Phi) is 15.8. The zero-order valence-electron chi connectivity index (χ0n) is 19.9. The molecule has 0 atom stereocenters. The normalized spacial score (nSPS) is 9.56. The van der Waals surface area contributed by atoms with E-state index >= 15 is 0 Å². The molecule has 6 nitrogen and oxygen atoms in total. The molecule has 0 saturated heterocycles. The van der Waals surface area contributed by atoms with Crippen LogP contribution in [0.25, 0.3) is 0 Å². The number of carbonyl (C=O) groups is 2. The smallest absolute Gasteiger partial charge is 0.217 e. The standard InChI is InChI=1S/C21H20O2.C6H13NO.CH3NO/c1-3-7-19(8-4-1)17-22-16-15-18-11-13-21(14-12-18)23-20-9-5-2-6-10-20;1-2-3-4-5-6(7)8;2-1-3/h1-14H,15-17H2;2-5H2,1H3,(H2,7,8);1H,(H2,2,3). The van der Waals surface area contributed by atoms with Crippen LogP contribution in [0.4, 0.5) is 0 Å². The van der Waals surface area contributed by atoms with Gasteiger partial charge >= 0.3 is 0 Å². The number of hydrogen-bond acceptors (Lipinski definition) is 4. The summed E-state index contributed by atoms with van der Waals surface area (Å²) in [6.45, 7) is 3.48. The van der Waals surface area contributed by atoms with E-state index in [1.165, 1.54) is 11.1 Å². The molecule has 3 aromatic carbocycles. The van der Waals surface area contributed by atoms with Crippen molar-refractivity contribution < 1.29 is 19.1 Å². The Morgan fingerprint density at radius 1 is 0.824 bits per heavy atom. The van der Waals surface area contributed by atoms with Crippen LogP contribution in [-0.2, 0) is 27.4 Å². The number of benzene rings is 3. The van der Waals surface area contributed by atoms with Crippen molar-refractivity contribution in [2.75, 3.05) is 6.61 Å². The van der Waals surface area contributed by atoms with Crippen LogP contribution >= 0.6 is 0 Å². The van der Waals surface area contributed by atoms with Gasteiger partial charge in [0, 0.05) is 6.42 Å². The maximum absolute atomic E-state index is 10.1. The van der Waals surface area contributed by atoms with Gasteiger partial charge in [-0.1, -0.05) is 80.4 Å². The molecule has 6 heteroatoms. The molecule has 0 radical (unpaired) electrons. The van der Waals surface area contributed by atoms with Gasteiger partial charge in [-0.15, -0.1) is 0 Å². The highest BCUT2D eigenvalue weighted by Gasteiger charge is 1.99. The van der Waals surface area contributed by atoms with Gasteiger partial charge in [0.05, 0.1) is 13.2 Å². The predicted octanol–water partition coefficient (Wildman–Crippen LogP) is 5.39. The van der Waals surface area contributed by atoms with E-state index in [2.05, 4.69) is 36.9 Å². The number of hydrogen-bond donors (Lipinski definition) is 2. The lowest BCUT2D eigenvalue weighted by Gasteiger charge is -2.07. The van der Waals surface area contributed by atoms with Crippen molar-refractivity contribution in [3.63, 3.8) is 0 Å². The summed E-state index contributed by atoms with van der Waals surface area (Å²) in [6, 6.07) is 28.2. The molecule has 2 amide bonds. The summed E-state index contributed by atoms with van der Waals surface area (Å²) >= 11 is 0. The largest absolute Gasteiger partial charge is 0.457 e. The Morgan fingerprint density at radius 2 is 1.38 bits per heavy atom. The fourth-order valence-electron chi connectivity index (χ4n) is 2.85. The first-order chi connectivity index (χ1) is 16.6. The Hall–Kier alpha value is -3.64. The highest BCUT2D eigenvalue weighted by molar-refractivity contribution is 5.73. The summed E-state index contributed by atoms with van der Waals surface area (Å²) in [5.74, 6) is 1.52. The molecule has 0 heterocycles. The molecule has 0 fully saturated rings. The van der Waals surface area contributed by atoms with Crippen molar-refractivity contribution in [2.24, 2.45) is 11.5 Å². The van der Waals surface area contributed by atoms with Crippen molar-refractivity contribution >= 4 is 12.3 Å². The average Bonchev–Trinajstić information content (AvgIpc) is 2.85. The summed E-state index contributed by atoms with van der Waals surface area (Å²) < 4.78 is 11.5. The second-order valence-corrected chi connectivity index (χ2v) is 7.41. The molecule has 0 aromatic heterocycles. The fourth-order valence-corrected chi connectivity index (χ4v) is 2.85. The van der Waals surface area contributed by atoms with Crippen LogP contribution < -0.4 is 16.2 Å². The number of rotatable bonds is 11. The molecular weight excluding hydrogens is 428 g/mol. The lowest BCUT2D eigenvalue weighted by Crippen LogP contribution is -2.09. The number of ether oxygens (including phenoxy) is 2. The van der Waals surface area contributed by atoms with Crippen molar-refractivity contribution in [1.29, 1.82) is 0 Å². The third kappa shape index (κ3) is 14.4. The minimum absolute atomic E-state index is 0.182. The molecule has 3 aromatic rings. The fraction of sp³-hybridized carbons (Fsp3) is 0.286. The minimum atomic E-state index is -0.182. The third-order valence-electron chi connectivity index (χ3n) is 4.58. The second kappa shape index (κ2) is 18.9. The predicted molar refractivity (Wildman–Crippen MR) is 136 cm³/mol. The maximum Gasteiger partial charge on any atom is 0.217 e. The van der Waals surface area contributed by atoms with Crippen LogP contribution in [0.2, 0.25) is 0 Å². The lowest BCUT2D eigenvalue weighted by atomic mass is 10.1. The van der Waals surface area contributed by atoms with Crippen molar-refractivity contribution in [3.05, 3.63) is 96.1 Å². The first-order valence-electron chi connectivity index (χ1n) is 11.5. The molecule has 0 aliphatic heterocycles. The monoisotopic (exact) mass is 464 g/mol. The van der Waals surface area contributed by atoms with E-state index in [4.69, 9.17) is 20.0 Å². The van der Waals surface area contributed by atoms with Gasteiger partial charge in [0.2, 0.25) is 12.3 Å². The summed E-state index contributed by atoms with van der Waals surface area (Å²) in [6.07, 6.45) is 4.91.